The number of fused-ring (bicyclic) bond motifs is 1. The maximum absolute atomic E-state index is 13.3. The fourth-order valence-corrected chi connectivity index (χ4v) is 4.88. The van der Waals surface area contributed by atoms with Crippen LogP contribution in [0.15, 0.2) is 54.6 Å². The van der Waals surface area contributed by atoms with Crippen LogP contribution in [0.3, 0.4) is 0 Å². The summed E-state index contributed by atoms with van der Waals surface area (Å²) in [5.41, 5.74) is 1.80. The number of nitrogens with zero attached hydrogens (tertiary/aromatic N) is 1. The number of ether oxygens (including phenoxy) is 1. The molecule has 5 nitrogen and oxygen atoms in total. The van der Waals surface area contributed by atoms with E-state index < -0.39 is 6.04 Å². The van der Waals surface area contributed by atoms with Gasteiger partial charge < -0.3 is 15.0 Å². The second-order valence-corrected chi connectivity index (χ2v) is 8.40. The second kappa shape index (κ2) is 9.33. The Morgan fingerprint density at radius 3 is 2.67 bits per heavy atom. The first-order chi connectivity index (χ1) is 14.6. The van der Waals surface area contributed by atoms with Crippen LogP contribution in [-0.4, -0.2) is 41.9 Å². The zero-order chi connectivity index (χ0) is 20.9. The normalized spacial score (nSPS) is 23.0. The van der Waals surface area contributed by atoms with Crippen molar-refractivity contribution < 1.29 is 14.3 Å². The summed E-state index contributed by atoms with van der Waals surface area (Å²) >= 11 is 0. The minimum absolute atomic E-state index is 0.0267. The standard InChI is InChI=1S/C25H30N2O3/c1-18-8-7-12-21(16-18)30-15-14-26-24(28)23-17-20-11-5-6-13-22(20)27(23)25(29)19-9-3-2-4-10-19/h2-4,7-10,12,16,20,22-23H,5-6,11,13-15,17H2,1H3,(H,26,28). The number of benzene rings is 2. The highest BCUT2D eigenvalue weighted by Gasteiger charge is 2.47. The van der Waals surface area contributed by atoms with Gasteiger partial charge in [0, 0.05) is 11.6 Å². The summed E-state index contributed by atoms with van der Waals surface area (Å²) in [7, 11) is 0. The van der Waals surface area contributed by atoms with Crippen LogP contribution < -0.4 is 10.1 Å². The predicted molar refractivity (Wildman–Crippen MR) is 116 cm³/mol. The molecule has 1 heterocycles. The molecule has 5 heteroatoms. The van der Waals surface area contributed by atoms with Crippen LogP contribution in [-0.2, 0) is 4.79 Å². The predicted octanol–water partition coefficient (Wildman–Crippen LogP) is 3.96. The Bertz CT molecular complexity index is 883. The van der Waals surface area contributed by atoms with Crippen molar-refractivity contribution in [1.82, 2.24) is 10.2 Å². The summed E-state index contributed by atoms with van der Waals surface area (Å²) in [5, 5.41) is 3.00. The summed E-state index contributed by atoms with van der Waals surface area (Å²) in [5.74, 6) is 1.13. The first-order valence-corrected chi connectivity index (χ1v) is 11.0. The third kappa shape index (κ3) is 4.50. The summed E-state index contributed by atoms with van der Waals surface area (Å²) in [4.78, 5) is 28.2. The first-order valence-electron chi connectivity index (χ1n) is 11.0. The van der Waals surface area contributed by atoms with E-state index in [4.69, 9.17) is 4.74 Å². The fourth-order valence-electron chi connectivity index (χ4n) is 4.88. The smallest absolute Gasteiger partial charge is 0.254 e. The molecule has 0 spiro atoms. The number of hydrogen-bond donors (Lipinski definition) is 1. The van der Waals surface area contributed by atoms with E-state index in [1.807, 2.05) is 66.4 Å². The van der Waals surface area contributed by atoms with E-state index in [-0.39, 0.29) is 17.9 Å². The number of nitrogens with one attached hydrogen (secondary N) is 1. The number of aryl methyl sites for hydroxylation is 1. The SMILES string of the molecule is Cc1cccc(OCCNC(=O)C2CC3CCCCC3N2C(=O)c2ccccc2)c1. The molecule has 0 aromatic heterocycles. The molecule has 1 N–H and O–H groups in total. The quantitative estimate of drug-likeness (QED) is 0.739. The molecule has 2 aromatic rings. The number of amides is 2. The Balaban J connectivity index is 1.40. The lowest BCUT2D eigenvalue weighted by Gasteiger charge is -2.33. The summed E-state index contributed by atoms with van der Waals surface area (Å²) in [6, 6.07) is 17.0. The van der Waals surface area contributed by atoms with Gasteiger partial charge in [-0.1, -0.05) is 43.2 Å². The topological polar surface area (TPSA) is 58.6 Å². The van der Waals surface area contributed by atoms with Crippen LogP contribution in [0.4, 0.5) is 0 Å². The van der Waals surface area contributed by atoms with Gasteiger partial charge in [0.05, 0.1) is 6.54 Å². The van der Waals surface area contributed by atoms with Crippen molar-refractivity contribution in [3.05, 3.63) is 65.7 Å². The van der Waals surface area contributed by atoms with E-state index >= 15 is 0 Å². The van der Waals surface area contributed by atoms with Crippen molar-refractivity contribution in [2.75, 3.05) is 13.2 Å². The molecule has 1 saturated carbocycles. The van der Waals surface area contributed by atoms with E-state index in [1.54, 1.807) is 0 Å². The summed E-state index contributed by atoms with van der Waals surface area (Å²) in [6.07, 6.45) is 5.16. The van der Waals surface area contributed by atoms with Gasteiger partial charge >= 0.3 is 0 Å². The van der Waals surface area contributed by atoms with Gasteiger partial charge in [-0.3, -0.25) is 9.59 Å². The molecule has 0 radical (unpaired) electrons. The van der Waals surface area contributed by atoms with Gasteiger partial charge in [-0.15, -0.1) is 0 Å². The van der Waals surface area contributed by atoms with Gasteiger partial charge in [-0.2, -0.15) is 0 Å². The molecule has 0 bridgehead atoms. The van der Waals surface area contributed by atoms with Gasteiger partial charge in [0.1, 0.15) is 18.4 Å². The molecule has 1 saturated heterocycles. The van der Waals surface area contributed by atoms with Crippen LogP contribution in [0, 0.1) is 12.8 Å². The van der Waals surface area contributed by atoms with E-state index in [0.29, 0.717) is 24.6 Å². The van der Waals surface area contributed by atoms with Crippen molar-refractivity contribution in [2.24, 2.45) is 5.92 Å². The van der Waals surface area contributed by atoms with E-state index in [9.17, 15) is 9.59 Å². The maximum atomic E-state index is 13.3. The zero-order valence-corrected chi connectivity index (χ0v) is 17.5. The molecule has 4 rings (SSSR count). The second-order valence-electron chi connectivity index (χ2n) is 8.40. The summed E-state index contributed by atoms with van der Waals surface area (Å²) < 4.78 is 5.74. The fraction of sp³-hybridized carbons (Fsp3) is 0.440. The summed E-state index contributed by atoms with van der Waals surface area (Å²) in [6.45, 7) is 2.85. The lowest BCUT2D eigenvalue weighted by atomic mass is 9.84. The van der Waals surface area contributed by atoms with Crippen LogP contribution in [0.2, 0.25) is 0 Å². The lowest BCUT2D eigenvalue weighted by molar-refractivity contribution is -0.125. The number of likely N-dealkylation sites (tertiary alicyclic amines) is 1. The minimum Gasteiger partial charge on any atom is -0.492 e. The van der Waals surface area contributed by atoms with Crippen molar-refractivity contribution >= 4 is 11.8 Å². The van der Waals surface area contributed by atoms with Gasteiger partial charge in [-0.25, -0.2) is 0 Å². The van der Waals surface area contributed by atoms with Crippen molar-refractivity contribution in [3.8, 4) is 5.75 Å². The minimum atomic E-state index is -0.398. The van der Waals surface area contributed by atoms with E-state index in [1.165, 1.54) is 6.42 Å². The van der Waals surface area contributed by atoms with Crippen molar-refractivity contribution in [3.63, 3.8) is 0 Å². The first kappa shape index (κ1) is 20.5. The lowest BCUT2D eigenvalue weighted by Crippen LogP contribution is -2.50. The Morgan fingerprint density at radius 2 is 1.87 bits per heavy atom. The Labute approximate surface area is 178 Å². The van der Waals surface area contributed by atoms with Gasteiger partial charge in [-0.05, 0) is 61.9 Å². The average Bonchev–Trinajstić information content (AvgIpc) is 3.16. The molecular weight excluding hydrogens is 376 g/mol. The Kier molecular flexibility index (Phi) is 6.36. The molecule has 3 atom stereocenters. The van der Waals surface area contributed by atoms with Crippen LogP contribution >= 0.6 is 0 Å². The van der Waals surface area contributed by atoms with Gasteiger partial charge in [0.25, 0.3) is 5.91 Å². The van der Waals surface area contributed by atoms with Gasteiger partial charge in [0.2, 0.25) is 5.91 Å². The molecule has 2 fully saturated rings. The highest BCUT2D eigenvalue weighted by molar-refractivity contribution is 5.98. The molecule has 30 heavy (non-hydrogen) atoms. The van der Waals surface area contributed by atoms with Crippen LogP contribution in [0.1, 0.15) is 48.0 Å². The number of hydrogen-bond acceptors (Lipinski definition) is 3. The molecule has 158 valence electrons. The highest BCUT2D eigenvalue weighted by Crippen LogP contribution is 2.40. The molecule has 1 aliphatic heterocycles. The third-order valence-electron chi connectivity index (χ3n) is 6.31. The number of carbonyl (C=O) groups is 2. The van der Waals surface area contributed by atoms with E-state index in [0.717, 1.165) is 37.0 Å². The molecule has 2 aromatic carbocycles. The van der Waals surface area contributed by atoms with Crippen LogP contribution in [0.25, 0.3) is 0 Å². The van der Waals surface area contributed by atoms with Crippen molar-refractivity contribution in [1.29, 1.82) is 0 Å². The number of rotatable bonds is 6. The highest BCUT2D eigenvalue weighted by atomic mass is 16.5. The molecule has 2 amide bonds. The van der Waals surface area contributed by atoms with Gasteiger partial charge in [0.15, 0.2) is 0 Å². The Morgan fingerprint density at radius 1 is 1.07 bits per heavy atom. The van der Waals surface area contributed by atoms with Crippen molar-refractivity contribution in [2.45, 2.75) is 51.1 Å². The average molecular weight is 407 g/mol. The van der Waals surface area contributed by atoms with E-state index in [2.05, 4.69) is 5.32 Å². The van der Waals surface area contributed by atoms with Crippen LogP contribution in [0.5, 0.6) is 5.75 Å². The molecule has 2 aliphatic rings. The molecule has 3 unspecified atom stereocenters. The number of carbonyl (C=O) groups excluding carboxylic acids is 2. The monoisotopic (exact) mass is 406 g/mol. The zero-order valence-electron chi connectivity index (χ0n) is 17.5. The largest absolute Gasteiger partial charge is 0.492 e. The molecule has 1 aliphatic carbocycles. The molecular formula is C25H30N2O3. The third-order valence-corrected chi connectivity index (χ3v) is 6.31. The maximum Gasteiger partial charge on any atom is 0.254 e. The Hall–Kier alpha value is -2.82.